The van der Waals surface area contributed by atoms with Gasteiger partial charge in [0.05, 0.1) is 48.1 Å². The summed E-state index contributed by atoms with van der Waals surface area (Å²) in [4.78, 5) is 115. The number of nitrogens with one attached hydrogen (secondary N) is 6. The second-order valence-electron chi connectivity index (χ2n) is 24.8. The molecule has 3 heterocycles. The Balaban J connectivity index is 0.00000496. The number of likely N-dealkylation sites (tertiary alicyclic amines) is 2. The van der Waals surface area contributed by atoms with Crippen LogP contribution in [0.2, 0.25) is 0 Å². The first-order valence-electron chi connectivity index (χ1n) is 32.6. The predicted molar refractivity (Wildman–Crippen MR) is 349 cm³/mol. The number of rotatable bonds is 33. The van der Waals surface area contributed by atoms with Crippen molar-refractivity contribution in [2.24, 2.45) is 35.0 Å². The standard InChI is InChI=1S/C65H99N9O10.2C2H6/c1-14-47(35-43(6)58(41(2)3)69-63(81)59(42(4)5)72(11)32-24-31-55(76)71-70-54(75)30-19-16-22-33-74-57(78)38-65(9,10)64(74)82)44(7)53(83-12)37-56(77)73-34-23-29-52(73)60(84-13)45(8)61(79)68-51(62(80)67-39-46-25-17-15-18-26-46)36-48-40-66-50-28-21-20-27-49(48)50;2*1-2/h15,17-18,20-21,25-28,35,40-42,44-45,47,51-53,58-60,66H,14,16,19,22-24,29-34,36-39H2,1-13H3,(H,67,80)(H,68,79)(H,69,81)(H,70,75)(H,71,76);2*1-2H3/b43-35+;;/t44?,45?,47?,51-,52?,53?,58-,59?,60?;;/m0../s1. The predicted octanol–water partition coefficient (Wildman–Crippen LogP) is 9.59. The molecule has 2 aliphatic heterocycles. The van der Waals surface area contributed by atoms with Crippen LogP contribution in [0.4, 0.5) is 0 Å². The van der Waals surface area contributed by atoms with E-state index in [0.717, 1.165) is 40.4 Å². The van der Waals surface area contributed by atoms with Crippen LogP contribution in [0.15, 0.2) is 72.4 Å². The van der Waals surface area contributed by atoms with Crippen molar-refractivity contribution in [1.82, 2.24) is 46.5 Å². The lowest BCUT2D eigenvalue weighted by atomic mass is 9.82. The van der Waals surface area contributed by atoms with Crippen LogP contribution in [0.25, 0.3) is 10.9 Å². The lowest BCUT2D eigenvalue weighted by molar-refractivity contribution is -0.143. The van der Waals surface area contributed by atoms with Crippen molar-refractivity contribution < 1.29 is 47.8 Å². The Hall–Kier alpha value is -6.44. The summed E-state index contributed by atoms with van der Waals surface area (Å²) < 4.78 is 12.2. The summed E-state index contributed by atoms with van der Waals surface area (Å²) in [5.74, 6) is -2.60. The van der Waals surface area contributed by atoms with Crippen LogP contribution in [-0.2, 0) is 60.8 Å². The number of benzene rings is 2. The number of ether oxygens (including phenoxy) is 2. The zero-order valence-corrected chi connectivity index (χ0v) is 56.4. The molecular weight excluding hydrogens is 1110 g/mol. The number of nitrogens with zero attached hydrogens (tertiary/aromatic N) is 3. The number of fused-ring (bicyclic) bond motifs is 1. The number of aromatic amines is 1. The van der Waals surface area contributed by atoms with Crippen LogP contribution in [0.3, 0.4) is 0 Å². The fourth-order valence-corrected chi connectivity index (χ4v) is 12.3. The summed E-state index contributed by atoms with van der Waals surface area (Å²) in [6, 6.07) is 15.5. The molecule has 492 valence electrons. The highest BCUT2D eigenvalue weighted by atomic mass is 16.5. The van der Waals surface area contributed by atoms with E-state index in [1.54, 1.807) is 35.0 Å². The molecule has 2 fully saturated rings. The molecule has 0 spiro atoms. The fourth-order valence-electron chi connectivity index (χ4n) is 12.3. The van der Waals surface area contributed by atoms with Gasteiger partial charge in [0, 0.05) is 76.6 Å². The zero-order chi connectivity index (χ0) is 65.8. The number of unbranched alkanes of at least 4 members (excludes halogenated alkanes) is 2. The average molecular weight is 1230 g/mol. The molecule has 7 unspecified atom stereocenters. The number of imide groups is 1. The maximum Gasteiger partial charge on any atom is 0.243 e. The van der Waals surface area contributed by atoms with Gasteiger partial charge in [-0.25, -0.2) is 0 Å². The number of methoxy groups -OCH3 is 2. The van der Waals surface area contributed by atoms with Crippen LogP contribution in [0, 0.1) is 35.0 Å². The van der Waals surface area contributed by atoms with Crippen molar-refractivity contribution in [1.29, 1.82) is 0 Å². The van der Waals surface area contributed by atoms with Gasteiger partial charge in [-0.05, 0) is 99.9 Å². The Morgan fingerprint density at radius 1 is 0.795 bits per heavy atom. The van der Waals surface area contributed by atoms with Gasteiger partial charge >= 0.3 is 0 Å². The highest BCUT2D eigenvalue weighted by Crippen LogP contribution is 2.33. The van der Waals surface area contributed by atoms with Crippen molar-refractivity contribution in [3.63, 3.8) is 0 Å². The van der Waals surface area contributed by atoms with Crippen molar-refractivity contribution in [2.45, 2.75) is 217 Å². The molecule has 9 atom stereocenters. The zero-order valence-electron chi connectivity index (χ0n) is 56.4. The molecule has 19 heteroatoms. The molecule has 8 amide bonds. The van der Waals surface area contributed by atoms with Gasteiger partial charge in [0.25, 0.3) is 0 Å². The van der Waals surface area contributed by atoms with Crippen LogP contribution < -0.4 is 26.8 Å². The summed E-state index contributed by atoms with van der Waals surface area (Å²) in [6.45, 7) is 29.4. The Kier molecular flexibility index (Phi) is 32.9. The number of allylic oxidation sites excluding steroid dienone is 1. The SMILES string of the molecule is CC.CC.CCC(/C=C(\C)[C@@H](NC(=O)C(C(C)C)N(C)CCCC(=O)NNC(=O)CCCCCN1C(=O)CC(C)(C)C1=O)C(C)C)C(C)C(CC(=O)N1CCCC1C(OC)C(C)C(=O)N[C@@H](Cc1c[nH]c2ccccc12)C(=O)NCc1ccccc1)OC. The van der Waals surface area contributed by atoms with Crippen LogP contribution in [-0.4, -0.2) is 144 Å². The van der Waals surface area contributed by atoms with Gasteiger partial charge in [0.1, 0.15) is 6.04 Å². The molecule has 2 aliphatic rings. The molecule has 3 aromatic rings. The minimum absolute atomic E-state index is 0.00563. The molecule has 2 aromatic carbocycles. The van der Waals surface area contributed by atoms with Gasteiger partial charge in [-0.1, -0.05) is 157 Å². The Bertz CT molecular complexity index is 2710. The van der Waals surface area contributed by atoms with Gasteiger partial charge in [-0.15, -0.1) is 0 Å². The second-order valence-corrected chi connectivity index (χ2v) is 24.8. The maximum absolute atomic E-state index is 14.5. The highest BCUT2D eigenvalue weighted by Gasteiger charge is 2.45. The molecule has 0 bridgehead atoms. The number of likely N-dealkylation sites (N-methyl/N-ethyl adjacent to an activating group) is 1. The Morgan fingerprint density at radius 2 is 1.43 bits per heavy atom. The third-order valence-corrected chi connectivity index (χ3v) is 17.2. The topological polar surface area (TPSA) is 241 Å². The molecule has 2 saturated heterocycles. The largest absolute Gasteiger partial charge is 0.381 e. The summed E-state index contributed by atoms with van der Waals surface area (Å²) in [6.07, 6.45) is 8.38. The molecule has 0 radical (unpaired) electrons. The molecule has 88 heavy (non-hydrogen) atoms. The highest BCUT2D eigenvalue weighted by molar-refractivity contribution is 6.05. The van der Waals surface area contributed by atoms with Crippen molar-refractivity contribution in [3.05, 3.63) is 83.6 Å². The lowest BCUT2D eigenvalue weighted by Crippen LogP contribution is -2.54. The van der Waals surface area contributed by atoms with E-state index in [1.165, 1.54) is 4.90 Å². The van der Waals surface area contributed by atoms with E-state index in [2.05, 4.69) is 65.6 Å². The van der Waals surface area contributed by atoms with E-state index in [0.29, 0.717) is 58.3 Å². The van der Waals surface area contributed by atoms with E-state index in [9.17, 15) is 38.4 Å². The second kappa shape index (κ2) is 38.2. The third kappa shape index (κ3) is 22.2. The number of carbonyl (C=O) groups excluding carboxylic acids is 8. The Morgan fingerprint density at radius 3 is 2.02 bits per heavy atom. The third-order valence-electron chi connectivity index (χ3n) is 17.2. The van der Waals surface area contributed by atoms with E-state index in [-0.39, 0.29) is 115 Å². The molecule has 0 aliphatic carbocycles. The number of amides is 8. The fraction of sp³-hybridized carbons (Fsp3) is 0.652. The van der Waals surface area contributed by atoms with Crippen LogP contribution in [0.5, 0.6) is 0 Å². The first-order chi connectivity index (χ1) is 41.9. The number of hydrogen-bond donors (Lipinski definition) is 6. The van der Waals surface area contributed by atoms with E-state index >= 15 is 0 Å². The van der Waals surface area contributed by atoms with Crippen molar-refractivity contribution >= 4 is 58.2 Å². The lowest BCUT2D eigenvalue weighted by Gasteiger charge is -2.36. The minimum Gasteiger partial charge on any atom is -0.381 e. The monoisotopic (exact) mass is 1230 g/mol. The summed E-state index contributed by atoms with van der Waals surface area (Å²) >= 11 is 0. The number of hydrazine groups is 1. The van der Waals surface area contributed by atoms with Gasteiger partial charge in [0.2, 0.25) is 47.3 Å². The van der Waals surface area contributed by atoms with Gasteiger partial charge in [-0.3, -0.25) is 59.0 Å². The molecule has 0 saturated carbocycles. The normalized spacial score (nSPS) is 17.6. The van der Waals surface area contributed by atoms with Gasteiger partial charge in [-0.2, -0.15) is 0 Å². The first-order valence-corrected chi connectivity index (χ1v) is 32.6. The number of H-pyrrole nitrogens is 1. The number of carbonyl (C=O) groups is 8. The smallest absolute Gasteiger partial charge is 0.243 e. The quantitative estimate of drug-likeness (QED) is 0.0145. The number of para-hydroxylation sites is 1. The molecular formula is C69H111N9O10. The number of aromatic nitrogens is 1. The Labute approximate surface area is 526 Å². The van der Waals surface area contributed by atoms with E-state index in [4.69, 9.17) is 9.47 Å². The molecule has 19 nitrogen and oxygen atoms in total. The van der Waals surface area contributed by atoms with Crippen LogP contribution in [0.1, 0.15) is 179 Å². The number of hydrogen-bond acceptors (Lipinski definition) is 11. The average Bonchev–Trinajstić information content (AvgIpc) is 2.87. The molecule has 5 rings (SSSR count). The van der Waals surface area contributed by atoms with Crippen molar-refractivity contribution in [2.75, 3.05) is 40.9 Å². The van der Waals surface area contributed by atoms with Crippen molar-refractivity contribution in [3.8, 4) is 0 Å². The van der Waals surface area contributed by atoms with E-state index in [1.807, 2.05) is 126 Å². The molecule has 1 aromatic heterocycles. The minimum atomic E-state index is -0.881. The first kappa shape index (κ1) is 75.8. The summed E-state index contributed by atoms with van der Waals surface area (Å²) in [5.41, 5.74) is 8.09. The maximum atomic E-state index is 14.5. The van der Waals surface area contributed by atoms with E-state index < -0.39 is 35.6 Å². The van der Waals surface area contributed by atoms with Gasteiger partial charge in [0.15, 0.2) is 0 Å². The summed E-state index contributed by atoms with van der Waals surface area (Å²) in [5, 5.41) is 10.4. The van der Waals surface area contributed by atoms with Crippen LogP contribution >= 0.6 is 0 Å². The van der Waals surface area contributed by atoms with Gasteiger partial charge < -0.3 is 35.3 Å². The molecule has 6 N–H and O–H groups in total. The summed E-state index contributed by atoms with van der Waals surface area (Å²) in [7, 11) is 5.08.